The largest absolute Gasteiger partial charge is 0.497 e. The normalized spacial score (nSPS) is 16.3. The first-order chi connectivity index (χ1) is 13.7. The standard InChI is InChI=1S/C23H26N2O3/c1-28-19-12-7-17(8-13-19)9-14-22(26)24-15-4-16-25(23(27)18-10-11-18)21-6-3-2-5-20(21)24/h2-3,5-8,12-13,18H,4,9-11,14-16H2,1H3. The van der Waals surface area contributed by atoms with E-state index in [4.69, 9.17) is 4.74 Å². The molecule has 1 aliphatic carbocycles. The molecule has 0 N–H and O–H groups in total. The van der Waals surface area contributed by atoms with Gasteiger partial charge in [0.25, 0.3) is 0 Å². The van der Waals surface area contributed by atoms with E-state index in [1.54, 1.807) is 7.11 Å². The molecule has 1 saturated carbocycles. The SMILES string of the molecule is COc1ccc(CCC(=O)N2CCCN(C(=O)C3CC3)c3ccccc32)cc1. The third kappa shape index (κ3) is 3.88. The van der Waals surface area contributed by atoms with Crippen LogP contribution in [0, 0.1) is 5.92 Å². The molecule has 0 spiro atoms. The summed E-state index contributed by atoms with van der Waals surface area (Å²) in [6, 6.07) is 15.6. The fourth-order valence-electron chi connectivity index (χ4n) is 3.77. The third-order valence-corrected chi connectivity index (χ3v) is 5.51. The first-order valence-corrected chi connectivity index (χ1v) is 10.0. The Morgan fingerprint density at radius 3 is 2.25 bits per heavy atom. The molecule has 0 bridgehead atoms. The van der Waals surface area contributed by atoms with Gasteiger partial charge in [0, 0.05) is 25.4 Å². The van der Waals surface area contributed by atoms with Crippen LogP contribution in [0.25, 0.3) is 0 Å². The minimum atomic E-state index is 0.101. The molecule has 4 rings (SSSR count). The monoisotopic (exact) mass is 378 g/mol. The van der Waals surface area contributed by atoms with Gasteiger partial charge in [0.2, 0.25) is 11.8 Å². The Bertz CT molecular complexity index is 858. The highest BCUT2D eigenvalue weighted by molar-refractivity contribution is 6.04. The molecule has 5 heteroatoms. The first-order valence-electron chi connectivity index (χ1n) is 10.0. The summed E-state index contributed by atoms with van der Waals surface area (Å²) in [5, 5.41) is 0. The van der Waals surface area contributed by atoms with Crippen molar-refractivity contribution in [3.05, 3.63) is 54.1 Å². The van der Waals surface area contributed by atoms with Crippen molar-refractivity contribution < 1.29 is 14.3 Å². The van der Waals surface area contributed by atoms with Crippen LogP contribution in [0.4, 0.5) is 11.4 Å². The van der Waals surface area contributed by atoms with Crippen LogP contribution in [-0.4, -0.2) is 32.0 Å². The molecule has 2 aliphatic rings. The number of carbonyl (C=O) groups excluding carboxylic acids is 2. The topological polar surface area (TPSA) is 49.9 Å². The van der Waals surface area contributed by atoms with Gasteiger partial charge >= 0.3 is 0 Å². The molecular weight excluding hydrogens is 352 g/mol. The van der Waals surface area contributed by atoms with Gasteiger partial charge in [0.1, 0.15) is 5.75 Å². The molecule has 2 aromatic rings. The fraction of sp³-hybridized carbons (Fsp3) is 0.391. The Morgan fingerprint density at radius 1 is 0.964 bits per heavy atom. The van der Waals surface area contributed by atoms with Crippen LogP contribution in [0.5, 0.6) is 5.75 Å². The van der Waals surface area contributed by atoms with Crippen LogP contribution in [-0.2, 0) is 16.0 Å². The number of anilines is 2. The van der Waals surface area contributed by atoms with Gasteiger partial charge in [-0.3, -0.25) is 9.59 Å². The average Bonchev–Trinajstić information content (AvgIpc) is 3.58. The smallest absolute Gasteiger partial charge is 0.230 e. The van der Waals surface area contributed by atoms with E-state index in [2.05, 4.69) is 0 Å². The van der Waals surface area contributed by atoms with E-state index in [1.807, 2.05) is 58.3 Å². The highest BCUT2D eigenvalue weighted by Crippen LogP contribution is 2.38. The number of aryl methyl sites for hydroxylation is 1. The average molecular weight is 378 g/mol. The van der Waals surface area contributed by atoms with Crippen molar-refractivity contribution in [3.8, 4) is 5.75 Å². The quantitative estimate of drug-likeness (QED) is 0.795. The Balaban J connectivity index is 1.50. The lowest BCUT2D eigenvalue weighted by Gasteiger charge is -2.25. The molecule has 0 radical (unpaired) electrons. The Labute approximate surface area is 165 Å². The Kier molecular flexibility index (Phi) is 5.33. The van der Waals surface area contributed by atoms with Crippen molar-refractivity contribution in [3.63, 3.8) is 0 Å². The number of para-hydroxylation sites is 2. The number of rotatable bonds is 5. The summed E-state index contributed by atoms with van der Waals surface area (Å²) in [7, 11) is 1.65. The van der Waals surface area contributed by atoms with E-state index >= 15 is 0 Å². The lowest BCUT2D eigenvalue weighted by atomic mass is 10.1. The number of hydrogen-bond donors (Lipinski definition) is 0. The highest BCUT2D eigenvalue weighted by Gasteiger charge is 2.36. The van der Waals surface area contributed by atoms with Crippen LogP contribution in [0.2, 0.25) is 0 Å². The maximum Gasteiger partial charge on any atom is 0.230 e. The minimum absolute atomic E-state index is 0.101. The molecule has 1 fully saturated rings. The molecule has 0 saturated heterocycles. The zero-order valence-corrected chi connectivity index (χ0v) is 16.3. The number of benzene rings is 2. The second-order valence-corrected chi connectivity index (χ2v) is 7.50. The van der Waals surface area contributed by atoms with Gasteiger partial charge in [-0.15, -0.1) is 0 Å². The van der Waals surface area contributed by atoms with Crippen molar-refractivity contribution >= 4 is 23.2 Å². The van der Waals surface area contributed by atoms with Crippen molar-refractivity contribution in [1.82, 2.24) is 0 Å². The zero-order chi connectivity index (χ0) is 19.5. The number of ether oxygens (including phenoxy) is 1. The van der Waals surface area contributed by atoms with Crippen molar-refractivity contribution in [2.75, 3.05) is 30.0 Å². The third-order valence-electron chi connectivity index (χ3n) is 5.51. The van der Waals surface area contributed by atoms with Gasteiger partial charge in [-0.1, -0.05) is 24.3 Å². The summed E-state index contributed by atoms with van der Waals surface area (Å²) in [4.78, 5) is 29.5. The maximum atomic E-state index is 13.0. The van der Waals surface area contributed by atoms with E-state index < -0.39 is 0 Å². The molecule has 1 aliphatic heterocycles. The van der Waals surface area contributed by atoms with Crippen LogP contribution < -0.4 is 14.5 Å². The predicted molar refractivity (Wildman–Crippen MR) is 110 cm³/mol. The van der Waals surface area contributed by atoms with Crippen LogP contribution >= 0.6 is 0 Å². The maximum absolute atomic E-state index is 13.0. The summed E-state index contributed by atoms with van der Waals surface area (Å²) in [5.41, 5.74) is 2.84. The second-order valence-electron chi connectivity index (χ2n) is 7.50. The summed E-state index contributed by atoms with van der Waals surface area (Å²) < 4.78 is 5.19. The number of hydrogen-bond acceptors (Lipinski definition) is 3. The number of fused-ring (bicyclic) bond motifs is 1. The fourth-order valence-corrected chi connectivity index (χ4v) is 3.77. The first kappa shape index (κ1) is 18.5. The number of amides is 2. The molecule has 0 aromatic heterocycles. The molecule has 146 valence electrons. The van der Waals surface area contributed by atoms with Crippen LogP contribution in [0.1, 0.15) is 31.2 Å². The summed E-state index contributed by atoms with van der Waals surface area (Å²) in [5.74, 6) is 1.30. The molecule has 0 unspecified atom stereocenters. The molecule has 2 aromatic carbocycles. The Hall–Kier alpha value is -2.82. The summed E-state index contributed by atoms with van der Waals surface area (Å²) >= 11 is 0. The molecule has 1 heterocycles. The van der Waals surface area contributed by atoms with E-state index in [-0.39, 0.29) is 17.7 Å². The van der Waals surface area contributed by atoms with Gasteiger partial charge in [-0.05, 0) is 55.5 Å². The van der Waals surface area contributed by atoms with Crippen molar-refractivity contribution in [2.45, 2.75) is 32.1 Å². The van der Waals surface area contributed by atoms with E-state index in [0.29, 0.717) is 25.9 Å². The summed E-state index contributed by atoms with van der Waals surface area (Å²) in [6.45, 7) is 1.32. The van der Waals surface area contributed by atoms with Gasteiger partial charge in [0.15, 0.2) is 0 Å². The number of carbonyl (C=O) groups is 2. The molecule has 2 amide bonds. The second kappa shape index (κ2) is 8.05. The number of methoxy groups -OCH3 is 1. The summed E-state index contributed by atoms with van der Waals surface area (Å²) in [6.07, 6.45) is 3.90. The Morgan fingerprint density at radius 2 is 1.61 bits per heavy atom. The molecule has 0 atom stereocenters. The van der Waals surface area contributed by atoms with Crippen LogP contribution in [0.3, 0.4) is 0 Å². The zero-order valence-electron chi connectivity index (χ0n) is 16.3. The van der Waals surface area contributed by atoms with E-state index in [1.165, 1.54) is 0 Å². The number of nitrogens with zero attached hydrogens (tertiary/aromatic N) is 2. The van der Waals surface area contributed by atoms with Crippen molar-refractivity contribution in [2.24, 2.45) is 5.92 Å². The lowest BCUT2D eigenvalue weighted by molar-refractivity contribution is -0.120. The van der Waals surface area contributed by atoms with E-state index in [9.17, 15) is 9.59 Å². The predicted octanol–water partition coefficient (Wildman–Crippen LogP) is 3.81. The van der Waals surface area contributed by atoms with Gasteiger partial charge in [-0.25, -0.2) is 0 Å². The van der Waals surface area contributed by atoms with Gasteiger partial charge in [-0.2, -0.15) is 0 Å². The van der Waals surface area contributed by atoms with Gasteiger partial charge in [0.05, 0.1) is 18.5 Å². The molecule has 5 nitrogen and oxygen atoms in total. The van der Waals surface area contributed by atoms with Crippen LogP contribution in [0.15, 0.2) is 48.5 Å². The minimum Gasteiger partial charge on any atom is -0.497 e. The van der Waals surface area contributed by atoms with Gasteiger partial charge < -0.3 is 14.5 Å². The molecule has 28 heavy (non-hydrogen) atoms. The highest BCUT2D eigenvalue weighted by atomic mass is 16.5. The molecular formula is C23H26N2O3. The lowest BCUT2D eigenvalue weighted by Crippen LogP contribution is -2.32. The van der Waals surface area contributed by atoms with Crippen molar-refractivity contribution in [1.29, 1.82) is 0 Å². The van der Waals surface area contributed by atoms with E-state index in [0.717, 1.165) is 42.0 Å².